The first-order chi connectivity index (χ1) is 13.4. The molecule has 0 aliphatic carbocycles. The number of hydrogen-bond donors (Lipinski definition) is 1. The molecule has 0 unspecified atom stereocenters. The number of esters is 1. The van der Waals surface area contributed by atoms with Gasteiger partial charge in [0.05, 0.1) is 22.8 Å². The summed E-state index contributed by atoms with van der Waals surface area (Å²) in [5.74, 6) is -1.03. The molecule has 0 saturated carbocycles. The van der Waals surface area contributed by atoms with Crippen molar-refractivity contribution in [1.82, 2.24) is 4.98 Å². The Labute approximate surface area is 167 Å². The van der Waals surface area contributed by atoms with E-state index in [0.717, 1.165) is 5.69 Å². The van der Waals surface area contributed by atoms with Gasteiger partial charge in [-0.3, -0.25) is 4.98 Å². The van der Waals surface area contributed by atoms with Crippen molar-refractivity contribution < 1.29 is 13.9 Å². The summed E-state index contributed by atoms with van der Waals surface area (Å²) in [6, 6.07) is 9.90. The van der Waals surface area contributed by atoms with Crippen LogP contribution in [0.15, 0.2) is 55.4 Å². The highest BCUT2D eigenvalue weighted by atomic mass is 35.5. The van der Waals surface area contributed by atoms with Crippen LogP contribution in [0.2, 0.25) is 5.02 Å². The predicted molar refractivity (Wildman–Crippen MR) is 111 cm³/mol. The van der Waals surface area contributed by atoms with Crippen LogP contribution in [0.4, 0.5) is 21.5 Å². The first-order valence-corrected chi connectivity index (χ1v) is 8.99. The highest BCUT2D eigenvalue weighted by molar-refractivity contribution is 6.31. The first-order valence-electron chi connectivity index (χ1n) is 8.62. The third kappa shape index (κ3) is 3.92. The van der Waals surface area contributed by atoms with Crippen molar-refractivity contribution in [3.8, 4) is 0 Å². The van der Waals surface area contributed by atoms with Crippen LogP contribution in [0.3, 0.4) is 0 Å². The van der Waals surface area contributed by atoms with Gasteiger partial charge in [0.1, 0.15) is 11.4 Å². The van der Waals surface area contributed by atoms with Gasteiger partial charge in [-0.05, 0) is 49.5 Å². The Bertz CT molecular complexity index is 1060. The lowest BCUT2D eigenvalue weighted by molar-refractivity contribution is 0.0527. The summed E-state index contributed by atoms with van der Waals surface area (Å²) in [6.07, 6.45) is 3.14. The summed E-state index contributed by atoms with van der Waals surface area (Å²) in [5, 5.41) is 3.86. The number of aromatic nitrogens is 1. The number of ether oxygens (including phenoxy) is 1. The molecule has 0 aliphatic rings. The zero-order chi connectivity index (χ0) is 20.3. The maximum atomic E-state index is 13.5. The zero-order valence-corrected chi connectivity index (χ0v) is 16.3. The summed E-state index contributed by atoms with van der Waals surface area (Å²) in [5.41, 5.74) is 2.86. The quantitative estimate of drug-likeness (QED) is 0.552. The van der Waals surface area contributed by atoms with Crippen molar-refractivity contribution in [1.29, 1.82) is 0 Å². The molecule has 0 saturated heterocycles. The normalized spacial score (nSPS) is 10.6. The molecule has 5 nitrogen and oxygen atoms in total. The predicted octanol–water partition coefficient (Wildman–Crippen LogP) is 5.53. The Kier molecular flexibility index (Phi) is 5.80. The number of nitrogens with one attached hydrogen (secondary N) is 1. The molecule has 0 amide bonds. The van der Waals surface area contributed by atoms with Crippen LogP contribution in [0.1, 0.15) is 17.3 Å². The van der Waals surface area contributed by atoms with E-state index in [1.54, 1.807) is 19.2 Å². The lowest BCUT2D eigenvalue weighted by Crippen LogP contribution is -2.10. The van der Waals surface area contributed by atoms with E-state index in [-0.39, 0.29) is 17.2 Å². The van der Waals surface area contributed by atoms with Gasteiger partial charge in [0.25, 0.3) is 0 Å². The highest BCUT2D eigenvalue weighted by Crippen LogP contribution is 2.33. The van der Waals surface area contributed by atoms with Crippen molar-refractivity contribution in [3.05, 3.63) is 71.8 Å². The van der Waals surface area contributed by atoms with E-state index in [1.165, 1.54) is 18.3 Å². The van der Waals surface area contributed by atoms with Crippen LogP contribution in [0, 0.1) is 5.82 Å². The second-order valence-corrected chi connectivity index (χ2v) is 6.42. The number of nitrogens with zero attached hydrogens (tertiary/aromatic N) is 2. The van der Waals surface area contributed by atoms with E-state index in [0.29, 0.717) is 22.3 Å². The molecule has 0 radical (unpaired) electrons. The Hall–Kier alpha value is -3.12. The Balaban J connectivity index is 2.20. The second kappa shape index (κ2) is 8.27. The monoisotopic (exact) mass is 399 g/mol. The molecule has 0 bridgehead atoms. The molecule has 144 valence electrons. The topological polar surface area (TPSA) is 54.5 Å². The maximum Gasteiger partial charge on any atom is 0.341 e. The summed E-state index contributed by atoms with van der Waals surface area (Å²) in [4.78, 5) is 18.7. The molecule has 1 heterocycles. The minimum absolute atomic E-state index is 0.0203. The molecule has 1 N–H and O–H groups in total. The second-order valence-electron chi connectivity index (χ2n) is 6.02. The fraction of sp³-hybridized carbons (Fsp3) is 0.143. The van der Waals surface area contributed by atoms with Crippen LogP contribution in [0.5, 0.6) is 0 Å². The molecule has 0 aliphatic heterocycles. The van der Waals surface area contributed by atoms with Crippen molar-refractivity contribution in [2.75, 3.05) is 23.9 Å². The van der Waals surface area contributed by atoms with Crippen molar-refractivity contribution in [2.45, 2.75) is 6.92 Å². The van der Waals surface area contributed by atoms with Gasteiger partial charge in [-0.25, -0.2) is 9.18 Å². The van der Waals surface area contributed by atoms with Crippen LogP contribution in [-0.2, 0) is 4.74 Å². The number of fused-ring (bicyclic) bond motifs is 1. The molecule has 2 aromatic carbocycles. The third-order valence-electron chi connectivity index (χ3n) is 4.22. The Morgan fingerprint density at radius 2 is 2.14 bits per heavy atom. The van der Waals surface area contributed by atoms with Gasteiger partial charge < -0.3 is 15.0 Å². The first kappa shape index (κ1) is 19.6. The number of carbonyl (C=O) groups is 1. The van der Waals surface area contributed by atoms with Crippen molar-refractivity contribution in [2.24, 2.45) is 0 Å². The number of benzene rings is 2. The Morgan fingerprint density at radius 3 is 2.82 bits per heavy atom. The van der Waals surface area contributed by atoms with Crippen LogP contribution < -0.4 is 10.2 Å². The van der Waals surface area contributed by atoms with Crippen molar-refractivity contribution in [3.63, 3.8) is 0 Å². The Morgan fingerprint density at radius 1 is 1.36 bits per heavy atom. The summed E-state index contributed by atoms with van der Waals surface area (Å²) in [6.45, 7) is 5.73. The highest BCUT2D eigenvalue weighted by Gasteiger charge is 2.18. The number of anilines is 3. The lowest BCUT2D eigenvalue weighted by Gasteiger charge is -2.18. The molecular formula is C21H19ClFN3O2. The molecule has 0 fully saturated rings. The molecular weight excluding hydrogens is 381 g/mol. The van der Waals surface area contributed by atoms with Crippen LogP contribution >= 0.6 is 11.6 Å². The summed E-state index contributed by atoms with van der Waals surface area (Å²) in [7, 11) is 1.86. The van der Waals surface area contributed by atoms with Gasteiger partial charge in [-0.15, -0.1) is 0 Å². The van der Waals surface area contributed by atoms with Gasteiger partial charge in [0.2, 0.25) is 0 Å². The molecule has 0 atom stereocenters. The molecule has 1 aromatic heterocycles. The van der Waals surface area contributed by atoms with Gasteiger partial charge in [-0.1, -0.05) is 18.2 Å². The number of halogens is 2. The summed E-state index contributed by atoms with van der Waals surface area (Å²) >= 11 is 5.90. The number of rotatable bonds is 6. The minimum atomic E-state index is -0.521. The largest absolute Gasteiger partial charge is 0.462 e. The number of pyridine rings is 1. The SMILES string of the molecule is C=CN(C)c1ccc2ncc(C(=O)OCC)c(Nc3ccc(F)c(Cl)c3)c2c1. The lowest BCUT2D eigenvalue weighted by atomic mass is 10.1. The average Bonchev–Trinajstić information content (AvgIpc) is 2.70. The van der Waals surface area contributed by atoms with Crippen LogP contribution in [0.25, 0.3) is 10.9 Å². The van der Waals surface area contributed by atoms with Crippen LogP contribution in [-0.4, -0.2) is 24.6 Å². The van der Waals surface area contributed by atoms with E-state index in [4.69, 9.17) is 16.3 Å². The maximum absolute atomic E-state index is 13.5. The number of carbonyl (C=O) groups excluding carboxylic acids is 1. The molecule has 28 heavy (non-hydrogen) atoms. The van der Waals surface area contributed by atoms with Gasteiger partial charge in [0, 0.05) is 30.0 Å². The van der Waals surface area contributed by atoms with E-state index >= 15 is 0 Å². The van der Waals surface area contributed by atoms with E-state index < -0.39 is 11.8 Å². The van der Waals surface area contributed by atoms with Crippen molar-refractivity contribution >= 4 is 45.5 Å². The molecule has 3 rings (SSSR count). The third-order valence-corrected chi connectivity index (χ3v) is 4.51. The fourth-order valence-corrected chi connectivity index (χ4v) is 2.90. The molecule has 7 heteroatoms. The fourth-order valence-electron chi connectivity index (χ4n) is 2.72. The minimum Gasteiger partial charge on any atom is -0.462 e. The smallest absolute Gasteiger partial charge is 0.341 e. The molecule has 3 aromatic rings. The van der Waals surface area contributed by atoms with Gasteiger partial charge in [-0.2, -0.15) is 0 Å². The van der Waals surface area contributed by atoms with Gasteiger partial charge in [0.15, 0.2) is 0 Å². The van der Waals surface area contributed by atoms with E-state index in [1.807, 2.05) is 30.1 Å². The molecule has 0 spiro atoms. The van der Waals surface area contributed by atoms with E-state index in [9.17, 15) is 9.18 Å². The zero-order valence-electron chi connectivity index (χ0n) is 15.5. The average molecular weight is 400 g/mol. The standard InChI is InChI=1S/C21H19ClFN3O2/c1-4-26(3)14-7-9-19-15(11-14)20(16(12-24-19)21(27)28-5-2)25-13-6-8-18(23)17(22)10-13/h4,6-12H,1,5H2,2-3H3,(H,24,25). The van der Waals surface area contributed by atoms with Gasteiger partial charge >= 0.3 is 5.97 Å². The number of hydrogen-bond acceptors (Lipinski definition) is 5. The van der Waals surface area contributed by atoms with E-state index in [2.05, 4.69) is 16.9 Å². The summed E-state index contributed by atoms with van der Waals surface area (Å²) < 4.78 is 18.7.